The van der Waals surface area contributed by atoms with Crippen molar-refractivity contribution in [3.8, 4) is 10.6 Å². The minimum Gasteiger partial charge on any atom is -0.137 e. The molecule has 72 valence electrons. The van der Waals surface area contributed by atoms with Crippen LogP contribution in [0, 0.1) is 3.57 Å². The molecule has 1 aromatic heterocycles. The zero-order valence-electron chi connectivity index (χ0n) is 6.67. The van der Waals surface area contributed by atoms with Gasteiger partial charge in [0.15, 0.2) is 3.92 Å². The number of hydrogen-bond acceptors (Lipinski definition) is 3. The summed E-state index contributed by atoms with van der Waals surface area (Å²) in [6.45, 7) is 0. The fraction of sp³-hybridized carbons (Fsp3) is 0. The van der Waals surface area contributed by atoms with Crippen molar-refractivity contribution in [2.24, 2.45) is 0 Å². The summed E-state index contributed by atoms with van der Waals surface area (Å²) in [5.41, 5.74) is 0.999. The first-order valence-corrected chi connectivity index (χ1v) is 6.68. The molecule has 0 bridgehead atoms. The van der Waals surface area contributed by atoms with Gasteiger partial charge in [-0.3, -0.25) is 0 Å². The van der Waals surface area contributed by atoms with Crippen LogP contribution < -0.4 is 0 Å². The first-order chi connectivity index (χ1) is 6.66. The molecule has 0 saturated heterocycles. The largest absolute Gasteiger partial charge is 0.183 e. The van der Waals surface area contributed by atoms with Crippen molar-refractivity contribution < 1.29 is 0 Å². The van der Waals surface area contributed by atoms with Gasteiger partial charge in [-0.1, -0.05) is 29.0 Å². The average Bonchev–Trinajstić information content (AvgIpc) is 2.57. The fourth-order valence-electron chi connectivity index (χ4n) is 0.951. The van der Waals surface area contributed by atoms with E-state index in [2.05, 4.69) is 48.7 Å². The van der Waals surface area contributed by atoms with Crippen LogP contribution in [-0.2, 0) is 0 Å². The molecule has 0 amide bonds. The van der Waals surface area contributed by atoms with Gasteiger partial charge < -0.3 is 0 Å². The lowest BCUT2D eigenvalue weighted by Crippen LogP contribution is -1.79. The van der Waals surface area contributed by atoms with Crippen LogP contribution in [0.4, 0.5) is 0 Å². The summed E-state index contributed by atoms with van der Waals surface area (Å²) in [7, 11) is 0. The van der Waals surface area contributed by atoms with E-state index in [9.17, 15) is 0 Å². The molecule has 0 N–H and O–H groups in total. The minimum absolute atomic E-state index is 0.745. The normalized spacial score (nSPS) is 10.5. The Balaban J connectivity index is 2.47. The Hall–Kier alpha value is 0.280. The maximum absolute atomic E-state index is 6.01. The highest BCUT2D eigenvalue weighted by molar-refractivity contribution is 14.1. The van der Waals surface area contributed by atoms with Gasteiger partial charge in [0.05, 0.1) is 5.02 Å². The molecule has 1 aromatic carbocycles. The van der Waals surface area contributed by atoms with Crippen LogP contribution in [0.25, 0.3) is 10.6 Å². The molecule has 0 fully saturated rings. The molecule has 0 aliphatic carbocycles. The van der Waals surface area contributed by atoms with Crippen molar-refractivity contribution in [2.45, 2.75) is 0 Å². The summed E-state index contributed by atoms with van der Waals surface area (Å²) < 4.78 is 1.82. The number of halogens is 3. The number of benzene rings is 1. The molecule has 6 heteroatoms. The lowest BCUT2D eigenvalue weighted by molar-refractivity contribution is 1.08. The predicted molar refractivity (Wildman–Crippen MR) is 70.8 cm³/mol. The van der Waals surface area contributed by atoms with E-state index in [-0.39, 0.29) is 0 Å². The predicted octanol–water partition coefficient (Wildman–Crippen LogP) is 4.23. The first kappa shape index (κ1) is 10.8. The van der Waals surface area contributed by atoms with Crippen molar-refractivity contribution in [1.29, 1.82) is 0 Å². The quantitative estimate of drug-likeness (QED) is 0.669. The third kappa shape index (κ3) is 2.26. The molecule has 2 aromatic rings. The summed E-state index contributed by atoms with van der Waals surface area (Å²) in [4.78, 5) is 0. The van der Waals surface area contributed by atoms with E-state index in [4.69, 9.17) is 11.6 Å². The second kappa shape index (κ2) is 4.42. The number of nitrogens with zero attached hydrogens (tertiary/aromatic N) is 2. The van der Waals surface area contributed by atoms with Crippen molar-refractivity contribution in [3.05, 3.63) is 30.7 Å². The standard InChI is InChI=1S/C8H3BrClIN2S/c9-8-13-12-7(14-8)4-1-2-6(11)5(10)3-4/h1-3H. The van der Waals surface area contributed by atoms with Crippen LogP contribution in [-0.4, -0.2) is 10.2 Å². The third-order valence-corrected chi connectivity index (χ3v) is 4.54. The molecular formula is C8H3BrClIN2S. The van der Waals surface area contributed by atoms with Crippen LogP contribution >= 0.6 is 61.5 Å². The van der Waals surface area contributed by atoms with E-state index in [1.807, 2.05) is 18.2 Å². The van der Waals surface area contributed by atoms with Crippen LogP contribution in [0.1, 0.15) is 0 Å². The molecule has 0 radical (unpaired) electrons. The van der Waals surface area contributed by atoms with Crippen molar-refractivity contribution >= 4 is 61.5 Å². The van der Waals surface area contributed by atoms with Gasteiger partial charge in [0.25, 0.3) is 0 Å². The number of aromatic nitrogens is 2. The van der Waals surface area contributed by atoms with Crippen LogP contribution in [0.3, 0.4) is 0 Å². The Morgan fingerprint density at radius 1 is 1.36 bits per heavy atom. The highest BCUT2D eigenvalue weighted by atomic mass is 127. The third-order valence-electron chi connectivity index (χ3n) is 1.57. The Bertz CT molecular complexity index is 474. The SMILES string of the molecule is Clc1cc(-c2nnc(Br)s2)ccc1I. The van der Waals surface area contributed by atoms with Gasteiger partial charge >= 0.3 is 0 Å². The number of rotatable bonds is 1. The van der Waals surface area contributed by atoms with Crippen molar-refractivity contribution in [3.63, 3.8) is 0 Å². The Kier molecular flexibility index (Phi) is 3.41. The number of hydrogen-bond donors (Lipinski definition) is 0. The maximum atomic E-state index is 6.01. The van der Waals surface area contributed by atoms with Crippen molar-refractivity contribution in [2.75, 3.05) is 0 Å². The lowest BCUT2D eigenvalue weighted by atomic mass is 10.2. The Morgan fingerprint density at radius 3 is 2.71 bits per heavy atom. The van der Waals surface area contributed by atoms with Crippen molar-refractivity contribution in [1.82, 2.24) is 10.2 Å². The Labute approximate surface area is 112 Å². The van der Waals surface area contributed by atoms with Gasteiger partial charge in [0.2, 0.25) is 0 Å². The molecule has 14 heavy (non-hydrogen) atoms. The second-order valence-corrected chi connectivity index (χ2v) is 6.31. The minimum atomic E-state index is 0.745. The second-order valence-electron chi connectivity index (χ2n) is 2.49. The molecule has 0 unspecified atom stereocenters. The topological polar surface area (TPSA) is 25.8 Å². The average molecular weight is 401 g/mol. The van der Waals surface area contributed by atoms with E-state index < -0.39 is 0 Å². The van der Waals surface area contributed by atoms with E-state index in [1.54, 1.807) is 0 Å². The van der Waals surface area contributed by atoms with Gasteiger partial charge in [-0.2, -0.15) is 0 Å². The molecule has 2 rings (SSSR count). The molecule has 1 heterocycles. The molecule has 0 aliphatic heterocycles. The molecule has 2 nitrogen and oxygen atoms in total. The van der Waals surface area contributed by atoms with E-state index in [0.717, 1.165) is 23.1 Å². The van der Waals surface area contributed by atoms with Gasteiger partial charge in [-0.05, 0) is 50.7 Å². The van der Waals surface area contributed by atoms with E-state index in [0.29, 0.717) is 0 Å². The molecule has 0 spiro atoms. The van der Waals surface area contributed by atoms with Gasteiger partial charge in [0, 0.05) is 9.13 Å². The van der Waals surface area contributed by atoms with Crippen LogP contribution in [0.15, 0.2) is 22.1 Å². The van der Waals surface area contributed by atoms with Crippen LogP contribution in [0.2, 0.25) is 5.02 Å². The zero-order valence-corrected chi connectivity index (χ0v) is 12.0. The Morgan fingerprint density at radius 2 is 2.14 bits per heavy atom. The zero-order chi connectivity index (χ0) is 10.1. The van der Waals surface area contributed by atoms with Gasteiger partial charge in [-0.15, -0.1) is 10.2 Å². The van der Waals surface area contributed by atoms with Crippen LogP contribution in [0.5, 0.6) is 0 Å². The monoisotopic (exact) mass is 400 g/mol. The van der Waals surface area contributed by atoms with E-state index in [1.165, 1.54) is 11.3 Å². The first-order valence-electron chi connectivity index (χ1n) is 3.61. The van der Waals surface area contributed by atoms with Gasteiger partial charge in [0.1, 0.15) is 5.01 Å². The summed E-state index contributed by atoms with van der Waals surface area (Å²) in [5.74, 6) is 0. The van der Waals surface area contributed by atoms with Gasteiger partial charge in [-0.25, -0.2) is 0 Å². The lowest BCUT2D eigenvalue weighted by Gasteiger charge is -1.98. The molecule has 0 saturated carbocycles. The molecule has 0 aliphatic rings. The highest BCUT2D eigenvalue weighted by Crippen LogP contribution is 2.29. The highest BCUT2D eigenvalue weighted by Gasteiger charge is 2.06. The maximum Gasteiger partial charge on any atom is 0.183 e. The van der Waals surface area contributed by atoms with E-state index >= 15 is 0 Å². The smallest absolute Gasteiger partial charge is 0.137 e. The summed E-state index contributed by atoms with van der Waals surface area (Å²) in [6, 6.07) is 5.85. The summed E-state index contributed by atoms with van der Waals surface area (Å²) in [5, 5.41) is 9.52. The summed E-state index contributed by atoms with van der Waals surface area (Å²) in [6.07, 6.45) is 0. The molecule has 0 atom stereocenters. The molecular weight excluding hydrogens is 398 g/mol. The summed E-state index contributed by atoms with van der Waals surface area (Å²) >= 11 is 13.0. The fourth-order valence-corrected chi connectivity index (χ4v) is 2.57.